The van der Waals surface area contributed by atoms with Crippen LogP contribution in [0.2, 0.25) is 5.02 Å². The van der Waals surface area contributed by atoms with Gasteiger partial charge < -0.3 is 5.32 Å². The molecule has 1 aromatic rings. The van der Waals surface area contributed by atoms with Gasteiger partial charge in [-0.15, -0.1) is 0 Å². The summed E-state index contributed by atoms with van der Waals surface area (Å²) in [5, 5.41) is 4.00. The summed E-state index contributed by atoms with van der Waals surface area (Å²) in [6.07, 6.45) is 7.47. The maximum absolute atomic E-state index is 13.1. The third kappa shape index (κ3) is 3.95. The number of rotatable bonds is 5. The second kappa shape index (κ2) is 7.42. The highest BCUT2D eigenvalue weighted by atomic mass is 35.5. The Morgan fingerprint density at radius 1 is 1.40 bits per heavy atom. The van der Waals surface area contributed by atoms with E-state index >= 15 is 0 Å². The molecular formula is C17H25ClFN. The van der Waals surface area contributed by atoms with E-state index in [0.29, 0.717) is 17.0 Å². The van der Waals surface area contributed by atoms with Gasteiger partial charge in [-0.1, -0.05) is 43.9 Å². The molecule has 1 fully saturated rings. The molecule has 0 spiro atoms. The molecule has 0 bridgehead atoms. The van der Waals surface area contributed by atoms with E-state index in [1.807, 2.05) is 13.1 Å². The van der Waals surface area contributed by atoms with Crippen LogP contribution in [0.5, 0.6) is 0 Å². The summed E-state index contributed by atoms with van der Waals surface area (Å²) >= 11 is 6.16. The molecule has 0 aromatic heterocycles. The van der Waals surface area contributed by atoms with Crippen LogP contribution < -0.4 is 5.32 Å². The first-order chi connectivity index (χ1) is 9.63. The van der Waals surface area contributed by atoms with Crippen LogP contribution in [0.15, 0.2) is 18.2 Å². The standard InChI is InChI=1S/C17H25ClFN/c1-3-12-5-4-6-14(9-12)17(20-2)10-13-7-8-15(19)11-16(13)18/h7-8,11-12,14,17,20H,3-6,9-10H2,1-2H3. The fourth-order valence-electron chi connectivity index (χ4n) is 3.50. The molecule has 3 heteroatoms. The number of likely N-dealkylation sites (N-methyl/N-ethyl adjacent to an activating group) is 1. The smallest absolute Gasteiger partial charge is 0.124 e. The highest BCUT2D eigenvalue weighted by molar-refractivity contribution is 6.31. The summed E-state index contributed by atoms with van der Waals surface area (Å²) in [6, 6.07) is 5.18. The van der Waals surface area contributed by atoms with Gasteiger partial charge in [-0.3, -0.25) is 0 Å². The SMILES string of the molecule is CCC1CCCC(C(Cc2ccc(F)cc2Cl)NC)C1. The molecule has 20 heavy (non-hydrogen) atoms. The Bertz CT molecular complexity index is 435. The molecule has 1 aliphatic carbocycles. The Morgan fingerprint density at radius 3 is 2.85 bits per heavy atom. The van der Waals surface area contributed by atoms with E-state index in [-0.39, 0.29) is 5.82 Å². The molecule has 1 saturated carbocycles. The van der Waals surface area contributed by atoms with Crippen LogP contribution in [0.3, 0.4) is 0 Å². The largest absolute Gasteiger partial charge is 0.316 e. The van der Waals surface area contributed by atoms with Crippen LogP contribution in [-0.4, -0.2) is 13.1 Å². The normalized spacial score (nSPS) is 24.6. The molecule has 0 heterocycles. The molecule has 2 rings (SSSR count). The minimum absolute atomic E-state index is 0.261. The molecule has 1 N–H and O–H groups in total. The van der Waals surface area contributed by atoms with Gasteiger partial charge in [0.1, 0.15) is 5.82 Å². The lowest BCUT2D eigenvalue weighted by atomic mass is 9.75. The van der Waals surface area contributed by atoms with Crippen molar-refractivity contribution in [2.24, 2.45) is 11.8 Å². The average Bonchev–Trinajstić information content (AvgIpc) is 2.46. The third-order valence-corrected chi connectivity index (χ3v) is 5.15. The van der Waals surface area contributed by atoms with Crippen molar-refractivity contribution in [1.82, 2.24) is 5.32 Å². The molecule has 1 nitrogen and oxygen atoms in total. The second-order valence-electron chi connectivity index (χ2n) is 6.04. The lowest BCUT2D eigenvalue weighted by Crippen LogP contribution is -2.38. The first kappa shape index (κ1) is 15.8. The van der Waals surface area contributed by atoms with Gasteiger partial charge in [0.25, 0.3) is 0 Å². The number of hydrogen-bond acceptors (Lipinski definition) is 1. The molecule has 3 unspecified atom stereocenters. The lowest BCUT2D eigenvalue weighted by molar-refractivity contribution is 0.212. The average molecular weight is 298 g/mol. The number of benzene rings is 1. The fourth-order valence-corrected chi connectivity index (χ4v) is 3.74. The van der Waals surface area contributed by atoms with Crippen molar-refractivity contribution in [3.05, 3.63) is 34.6 Å². The first-order valence-electron chi connectivity index (χ1n) is 7.75. The molecular weight excluding hydrogens is 273 g/mol. The van der Waals surface area contributed by atoms with Crippen molar-refractivity contribution in [3.8, 4) is 0 Å². The van der Waals surface area contributed by atoms with Gasteiger partial charge in [0.15, 0.2) is 0 Å². The monoisotopic (exact) mass is 297 g/mol. The zero-order valence-corrected chi connectivity index (χ0v) is 13.2. The van der Waals surface area contributed by atoms with Crippen LogP contribution in [-0.2, 0) is 6.42 Å². The highest BCUT2D eigenvalue weighted by Gasteiger charge is 2.27. The number of hydrogen-bond donors (Lipinski definition) is 1. The third-order valence-electron chi connectivity index (χ3n) is 4.80. The zero-order chi connectivity index (χ0) is 14.5. The molecule has 112 valence electrons. The fraction of sp³-hybridized carbons (Fsp3) is 0.647. The summed E-state index contributed by atoms with van der Waals surface area (Å²) < 4.78 is 13.1. The van der Waals surface area contributed by atoms with Crippen molar-refractivity contribution in [2.75, 3.05) is 7.05 Å². The van der Waals surface area contributed by atoms with Crippen LogP contribution in [0, 0.1) is 17.7 Å². The Hall–Kier alpha value is -0.600. The Labute approximate surface area is 126 Å². The molecule has 3 atom stereocenters. The number of nitrogens with one attached hydrogen (secondary N) is 1. The van der Waals surface area contributed by atoms with E-state index in [2.05, 4.69) is 12.2 Å². The lowest BCUT2D eigenvalue weighted by Gasteiger charge is -2.34. The van der Waals surface area contributed by atoms with E-state index in [1.54, 1.807) is 0 Å². The predicted molar refractivity (Wildman–Crippen MR) is 83.7 cm³/mol. The topological polar surface area (TPSA) is 12.0 Å². The molecule has 1 aromatic carbocycles. The minimum atomic E-state index is -0.261. The van der Waals surface area contributed by atoms with Crippen LogP contribution in [0.4, 0.5) is 4.39 Å². The predicted octanol–water partition coefficient (Wildman–Crippen LogP) is 4.83. The van der Waals surface area contributed by atoms with Crippen molar-refractivity contribution in [3.63, 3.8) is 0 Å². The van der Waals surface area contributed by atoms with Crippen LogP contribution in [0.1, 0.15) is 44.6 Å². The van der Waals surface area contributed by atoms with Crippen LogP contribution in [0.25, 0.3) is 0 Å². The van der Waals surface area contributed by atoms with E-state index in [4.69, 9.17) is 11.6 Å². The van der Waals surface area contributed by atoms with Crippen molar-refractivity contribution in [1.29, 1.82) is 0 Å². The maximum Gasteiger partial charge on any atom is 0.124 e. The maximum atomic E-state index is 13.1. The summed E-state index contributed by atoms with van der Waals surface area (Å²) in [5.41, 5.74) is 1.05. The molecule has 0 radical (unpaired) electrons. The van der Waals surface area contributed by atoms with Gasteiger partial charge in [0.05, 0.1) is 0 Å². The summed E-state index contributed by atoms with van der Waals surface area (Å²) in [4.78, 5) is 0. The Kier molecular flexibility index (Phi) is 5.86. The van der Waals surface area contributed by atoms with Gasteiger partial charge in [-0.25, -0.2) is 4.39 Å². The first-order valence-corrected chi connectivity index (χ1v) is 8.13. The Balaban J connectivity index is 2.04. The molecule has 1 aliphatic rings. The zero-order valence-electron chi connectivity index (χ0n) is 12.5. The summed E-state index contributed by atoms with van der Waals surface area (Å²) in [5.74, 6) is 1.32. The van der Waals surface area contributed by atoms with Gasteiger partial charge in [0, 0.05) is 11.1 Å². The van der Waals surface area contributed by atoms with Crippen molar-refractivity contribution in [2.45, 2.75) is 51.5 Å². The number of halogens is 2. The van der Waals surface area contributed by atoms with E-state index < -0.39 is 0 Å². The van der Waals surface area contributed by atoms with Crippen LogP contribution >= 0.6 is 11.6 Å². The van der Waals surface area contributed by atoms with Gasteiger partial charge in [0.2, 0.25) is 0 Å². The molecule has 0 saturated heterocycles. The van der Waals surface area contributed by atoms with E-state index in [9.17, 15) is 4.39 Å². The van der Waals surface area contributed by atoms with Crippen molar-refractivity contribution < 1.29 is 4.39 Å². The summed E-state index contributed by atoms with van der Waals surface area (Å²) in [6.45, 7) is 2.29. The van der Waals surface area contributed by atoms with Gasteiger partial charge in [-0.2, -0.15) is 0 Å². The van der Waals surface area contributed by atoms with E-state index in [1.165, 1.54) is 44.2 Å². The summed E-state index contributed by atoms with van der Waals surface area (Å²) in [7, 11) is 2.03. The highest BCUT2D eigenvalue weighted by Crippen LogP contribution is 2.34. The molecule has 0 aliphatic heterocycles. The van der Waals surface area contributed by atoms with Gasteiger partial charge >= 0.3 is 0 Å². The van der Waals surface area contributed by atoms with E-state index in [0.717, 1.165) is 17.9 Å². The minimum Gasteiger partial charge on any atom is -0.316 e. The Morgan fingerprint density at radius 2 is 2.20 bits per heavy atom. The second-order valence-corrected chi connectivity index (χ2v) is 6.44. The van der Waals surface area contributed by atoms with Gasteiger partial charge in [-0.05, 0) is 55.8 Å². The molecule has 0 amide bonds. The van der Waals surface area contributed by atoms with Crippen molar-refractivity contribution >= 4 is 11.6 Å². The quantitative estimate of drug-likeness (QED) is 0.821.